The summed E-state index contributed by atoms with van der Waals surface area (Å²) >= 11 is 5.84. The van der Waals surface area contributed by atoms with Gasteiger partial charge in [0.15, 0.2) is 17.7 Å². The summed E-state index contributed by atoms with van der Waals surface area (Å²) in [5.41, 5.74) is -2.46. The maximum absolute atomic E-state index is 13.3. The van der Waals surface area contributed by atoms with Crippen LogP contribution in [-0.2, 0) is 33.6 Å². The van der Waals surface area contributed by atoms with Crippen molar-refractivity contribution in [1.29, 1.82) is 0 Å². The molecule has 0 spiro atoms. The predicted molar refractivity (Wildman–Crippen MR) is 138 cm³/mol. The van der Waals surface area contributed by atoms with Crippen LogP contribution in [0.3, 0.4) is 0 Å². The Balaban J connectivity index is 1.95. The van der Waals surface area contributed by atoms with Gasteiger partial charge in [0.05, 0.1) is 24.4 Å². The van der Waals surface area contributed by atoms with Gasteiger partial charge in [-0.1, -0.05) is 29.8 Å². The van der Waals surface area contributed by atoms with Crippen molar-refractivity contribution in [2.24, 2.45) is 0 Å². The molecule has 0 fully saturated rings. The number of nitrogens with zero attached hydrogens (tertiary/aromatic N) is 3. The van der Waals surface area contributed by atoms with Gasteiger partial charge in [-0.25, -0.2) is 9.48 Å². The van der Waals surface area contributed by atoms with Gasteiger partial charge in [0.25, 0.3) is 0 Å². The SMILES string of the molecule is O=C(O)CCNC(=O)C(CC(=O)Cn1nc(-c2ccc(Cl)cc2)n(C[C@H](O)C(F)(F)F)c1=O)c1cccc(C(F)(F)F)c1. The van der Waals surface area contributed by atoms with E-state index >= 15 is 0 Å². The first-order valence-corrected chi connectivity index (χ1v) is 12.7. The molecule has 0 aliphatic heterocycles. The Morgan fingerprint density at radius 3 is 2.26 bits per heavy atom. The van der Waals surface area contributed by atoms with Crippen molar-refractivity contribution in [2.45, 2.75) is 50.3 Å². The molecule has 0 saturated carbocycles. The summed E-state index contributed by atoms with van der Waals surface area (Å²) in [4.78, 5) is 49.7. The number of nitrogens with one attached hydrogen (secondary N) is 1. The molecule has 17 heteroatoms. The number of Topliss-reactive ketones (excluding diaryl/α,β-unsaturated/α-hetero) is 1. The quantitative estimate of drug-likeness (QED) is 0.258. The van der Waals surface area contributed by atoms with Crippen LogP contribution in [0.25, 0.3) is 11.4 Å². The molecule has 0 bridgehead atoms. The average Bonchev–Trinajstić information content (AvgIpc) is 3.20. The Hall–Kier alpha value is -4.18. The number of carbonyl (C=O) groups excluding carboxylic acids is 2. The number of aromatic nitrogens is 3. The first-order chi connectivity index (χ1) is 20.0. The number of carboxylic acids is 1. The molecule has 0 radical (unpaired) electrons. The molecule has 0 aliphatic rings. The largest absolute Gasteiger partial charge is 0.481 e. The number of amides is 1. The molecule has 3 rings (SSSR count). The first kappa shape index (κ1) is 33.3. The number of ketones is 1. The number of halogens is 7. The second kappa shape index (κ2) is 13.4. The van der Waals surface area contributed by atoms with E-state index in [-0.39, 0.29) is 22.0 Å². The highest BCUT2D eigenvalue weighted by Crippen LogP contribution is 2.32. The van der Waals surface area contributed by atoms with Gasteiger partial charge in [0.1, 0.15) is 6.54 Å². The van der Waals surface area contributed by atoms with E-state index in [1.165, 1.54) is 24.3 Å². The van der Waals surface area contributed by atoms with Gasteiger partial charge in [-0.3, -0.25) is 19.0 Å². The Morgan fingerprint density at radius 1 is 1.02 bits per heavy atom. The maximum Gasteiger partial charge on any atom is 0.416 e. The summed E-state index contributed by atoms with van der Waals surface area (Å²) in [5.74, 6) is -5.06. The lowest BCUT2D eigenvalue weighted by Gasteiger charge is -2.18. The van der Waals surface area contributed by atoms with Crippen LogP contribution in [-0.4, -0.2) is 61.0 Å². The number of hydrogen-bond acceptors (Lipinski definition) is 6. The third kappa shape index (κ3) is 8.90. The molecule has 1 aromatic heterocycles. The number of aliphatic carboxylic acids is 1. The van der Waals surface area contributed by atoms with E-state index in [1.807, 2.05) is 0 Å². The molecule has 43 heavy (non-hydrogen) atoms. The highest BCUT2D eigenvalue weighted by atomic mass is 35.5. The highest BCUT2D eigenvalue weighted by Gasteiger charge is 2.39. The fourth-order valence-electron chi connectivity index (χ4n) is 3.97. The monoisotopic (exact) mass is 636 g/mol. The van der Waals surface area contributed by atoms with Crippen molar-refractivity contribution in [3.63, 3.8) is 0 Å². The molecule has 1 amide bonds. The fraction of sp³-hybridized carbons (Fsp3) is 0.346. The van der Waals surface area contributed by atoms with Gasteiger partial charge in [0.2, 0.25) is 5.91 Å². The molecule has 3 aromatic rings. The number of aliphatic hydroxyl groups excluding tert-OH is 1. The summed E-state index contributed by atoms with van der Waals surface area (Å²) in [6.45, 7) is -2.56. The van der Waals surface area contributed by atoms with Gasteiger partial charge in [-0.05, 0) is 35.9 Å². The Morgan fingerprint density at radius 2 is 1.67 bits per heavy atom. The molecule has 10 nitrogen and oxygen atoms in total. The minimum Gasteiger partial charge on any atom is -0.481 e. The zero-order valence-electron chi connectivity index (χ0n) is 21.8. The number of hydrogen-bond donors (Lipinski definition) is 3. The van der Waals surface area contributed by atoms with E-state index in [0.717, 1.165) is 18.2 Å². The first-order valence-electron chi connectivity index (χ1n) is 12.3. The minimum absolute atomic E-state index is 0.113. The normalized spacial score (nSPS) is 13.4. The Kier molecular flexibility index (Phi) is 10.4. The number of carbonyl (C=O) groups is 3. The van der Waals surface area contributed by atoms with Crippen molar-refractivity contribution in [3.05, 3.63) is 75.2 Å². The lowest BCUT2D eigenvalue weighted by molar-refractivity contribution is -0.207. The van der Waals surface area contributed by atoms with Crippen LogP contribution < -0.4 is 11.0 Å². The van der Waals surface area contributed by atoms with E-state index < -0.39 is 85.8 Å². The van der Waals surface area contributed by atoms with Crippen molar-refractivity contribution >= 4 is 29.3 Å². The third-order valence-electron chi connectivity index (χ3n) is 6.09. The summed E-state index contributed by atoms with van der Waals surface area (Å²) < 4.78 is 80.2. The lowest BCUT2D eigenvalue weighted by Crippen LogP contribution is -2.37. The van der Waals surface area contributed by atoms with E-state index in [0.29, 0.717) is 15.3 Å². The van der Waals surface area contributed by atoms with Crippen LogP contribution in [0.4, 0.5) is 26.3 Å². The van der Waals surface area contributed by atoms with Gasteiger partial charge < -0.3 is 15.5 Å². The van der Waals surface area contributed by atoms with E-state index in [9.17, 15) is 50.6 Å². The van der Waals surface area contributed by atoms with Gasteiger partial charge in [-0.15, -0.1) is 5.10 Å². The molecule has 3 N–H and O–H groups in total. The smallest absolute Gasteiger partial charge is 0.416 e. The number of benzene rings is 2. The Bertz CT molecular complexity index is 1530. The second-order valence-corrected chi connectivity index (χ2v) is 9.73. The van der Waals surface area contributed by atoms with Crippen LogP contribution in [0.2, 0.25) is 5.02 Å². The molecular weight excluding hydrogens is 614 g/mol. The summed E-state index contributed by atoms with van der Waals surface area (Å²) in [5, 5.41) is 24.8. The second-order valence-electron chi connectivity index (χ2n) is 9.29. The highest BCUT2D eigenvalue weighted by molar-refractivity contribution is 6.30. The van der Waals surface area contributed by atoms with E-state index in [2.05, 4.69) is 10.4 Å². The van der Waals surface area contributed by atoms with Crippen LogP contribution in [0.1, 0.15) is 29.9 Å². The molecule has 1 heterocycles. The Labute approximate surface area is 243 Å². The summed E-state index contributed by atoms with van der Waals surface area (Å²) in [6.07, 6.45) is -14.1. The standard InChI is InChI=1S/C26H23ClF6N4O6/c27-17-6-4-14(5-7-17)22-35-37(24(43)36(22)13-20(39)26(31,32)33)12-18(38)11-19(23(42)34-9-8-21(40)41)15-2-1-3-16(10-15)25(28,29)30/h1-7,10,19-20,39H,8-9,11-13H2,(H,34,42)(H,40,41)/t19?,20-/m0/s1. The number of carboxylic acid groups (broad SMARTS) is 1. The number of rotatable bonds is 12. The maximum atomic E-state index is 13.3. The van der Waals surface area contributed by atoms with Gasteiger partial charge in [-0.2, -0.15) is 26.3 Å². The molecular formula is C26H23ClF6N4O6. The molecule has 2 atom stereocenters. The summed E-state index contributed by atoms with van der Waals surface area (Å²) in [7, 11) is 0. The minimum atomic E-state index is -5.10. The molecule has 0 aliphatic carbocycles. The van der Waals surface area contributed by atoms with E-state index in [4.69, 9.17) is 16.7 Å². The molecule has 0 saturated heterocycles. The zero-order chi connectivity index (χ0) is 32.1. The van der Waals surface area contributed by atoms with Crippen LogP contribution in [0.5, 0.6) is 0 Å². The predicted octanol–water partition coefficient (Wildman–Crippen LogP) is 3.64. The number of aliphatic hydroxyl groups is 1. The van der Waals surface area contributed by atoms with E-state index in [1.54, 1.807) is 0 Å². The van der Waals surface area contributed by atoms with Crippen LogP contribution >= 0.6 is 11.6 Å². The summed E-state index contributed by atoms with van der Waals surface area (Å²) in [6, 6.07) is 8.93. The van der Waals surface area contributed by atoms with Gasteiger partial charge >= 0.3 is 24.0 Å². The lowest BCUT2D eigenvalue weighted by atomic mass is 9.91. The van der Waals surface area contributed by atoms with Crippen LogP contribution in [0, 0.1) is 0 Å². The van der Waals surface area contributed by atoms with Crippen molar-refractivity contribution in [3.8, 4) is 11.4 Å². The van der Waals surface area contributed by atoms with Crippen LogP contribution in [0.15, 0.2) is 53.3 Å². The van der Waals surface area contributed by atoms with Crippen molar-refractivity contribution < 1.29 is 50.9 Å². The fourth-order valence-corrected chi connectivity index (χ4v) is 4.09. The van der Waals surface area contributed by atoms with Crippen molar-refractivity contribution in [2.75, 3.05) is 6.54 Å². The zero-order valence-corrected chi connectivity index (χ0v) is 22.6. The number of alkyl halides is 6. The molecule has 1 unspecified atom stereocenters. The molecule has 2 aromatic carbocycles. The molecule has 232 valence electrons. The topological polar surface area (TPSA) is 144 Å². The average molecular weight is 637 g/mol. The van der Waals surface area contributed by atoms with Gasteiger partial charge in [0, 0.05) is 23.6 Å². The van der Waals surface area contributed by atoms with Crippen molar-refractivity contribution in [1.82, 2.24) is 19.7 Å². The third-order valence-corrected chi connectivity index (χ3v) is 6.34.